The predicted octanol–water partition coefficient (Wildman–Crippen LogP) is 1.74. The second-order valence-corrected chi connectivity index (χ2v) is 5.79. The third-order valence-electron chi connectivity index (χ3n) is 3.93. The van der Waals surface area contributed by atoms with E-state index in [4.69, 9.17) is 0 Å². The highest BCUT2D eigenvalue weighted by Crippen LogP contribution is 2.40. The third-order valence-corrected chi connectivity index (χ3v) is 3.93. The Morgan fingerprint density at radius 3 is 2.56 bits per heavy atom. The maximum atomic E-state index is 12.0. The lowest BCUT2D eigenvalue weighted by Crippen LogP contribution is -2.43. The van der Waals surface area contributed by atoms with Gasteiger partial charge in [-0.15, -0.1) is 10.2 Å². The molecule has 0 saturated heterocycles. The van der Waals surface area contributed by atoms with Crippen LogP contribution < -0.4 is 5.32 Å². The van der Waals surface area contributed by atoms with Gasteiger partial charge in [0.1, 0.15) is 5.82 Å². The molecular formula is C13H22N4O. The predicted molar refractivity (Wildman–Crippen MR) is 68.9 cm³/mol. The van der Waals surface area contributed by atoms with Crippen LogP contribution in [-0.2, 0) is 18.4 Å². The Kier molecular flexibility index (Phi) is 3.41. The molecule has 18 heavy (non-hydrogen) atoms. The first-order chi connectivity index (χ1) is 8.44. The van der Waals surface area contributed by atoms with Crippen molar-refractivity contribution in [3.05, 3.63) is 11.6 Å². The van der Waals surface area contributed by atoms with Crippen molar-refractivity contribution < 1.29 is 4.79 Å². The molecule has 1 amide bonds. The summed E-state index contributed by atoms with van der Waals surface area (Å²) in [5.74, 6) is 2.25. The van der Waals surface area contributed by atoms with Gasteiger partial charge in [0.2, 0.25) is 5.91 Å². The smallest absolute Gasteiger partial charge is 0.226 e. The van der Waals surface area contributed by atoms with Crippen LogP contribution in [0.2, 0.25) is 0 Å². The Balaban J connectivity index is 1.96. The molecule has 0 radical (unpaired) electrons. The molecule has 1 aromatic rings. The quantitative estimate of drug-likeness (QED) is 0.885. The molecule has 100 valence electrons. The van der Waals surface area contributed by atoms with Gasteiger partial charge in [-0.2, -0.15) is 0 Å². The van der Waals surface area contributed by atoms with Gasteiger partial charge in [0, 0.05) is 18.4 Å². The zero-order valence-corrected chi connectivity index (χ0v) is 11.7. The van der Waals surface area contributed by atoms with Crippen molar-refractivity contribution in [1.82, 2.24) is 20.1 Å². The number of hydrogen-bond acceptors (Lipinski definition) is 3. The molecule has 1 saturated carbocycles. The highest BCUT2D eigenvalue weighted by atomic mass is 16.2. The van der Waals surface area contributed by atoms with Crippen molar-refractivity contribution in [2.24, 2.45) is 12.5 Å². The number of nitrogens with one attached hydrogen (secondary N) is 1. The summed E-state index contributed by atoms with van der Waals surface area (Å²) in [5.41, 5.74) is -0.153. The van der Waals surface area contributed by atoms with Crippen LogP contribution >= 0.6 is 0 Å². The summed E-state index contributed by atoms with van der Waals surface area (Å²) in [4.78, 5) is 12.0. The Hall–Kier alpha value is -1.39. The lowest BCUT2D eigenvalue weighted by Gasteiger charge is -2.36. The van der Waals surface area contributed by atoms with Gasteiger partial charge < -0.3 is 9.88 Å². The van der Waals surface area contributed by atoms with Crippen molar-refractivity contribution in [2.75, 3.05) is 0 Å². The standard InChI is InChI=1S/C13H22N4O/c1-9(2)11-16-15-10(17(11)4)8-14-12(18)13(3)6-5-7-13/h9H,5-8H2,1-4H3,(H,14,18). The van der Waals surface area contributed by atoms with E-state index in [0.29, 0.717) is 12.5 Å². The fourth-order valence-electron chi connectivity index (χ4n) is 2.34. The highest BCUT2D eigenvalue weighted by molar-refractivity contribution is 5.82. The number of nitrogens with zero attached hydrogens (tertiary/aromatic N) is 3. The van der Waals surface area contributed by atoms with Gasteiger partial charge in [0.05, 0.1) is 6.54 Å². The zero-order valence-electron chi connectivity index (χ0n) is 11.7. The molecule has 5 nitrogen and oxygen atoms in total. The molecule has 0 atom stereocenters. The molecule has 1 aliphatic rings. The van der Waals surface area contributed by atoms with Crippen LogP contribution in [0.1, 0.15) is 57.6 Å². The highest BCUT2D eigenvalue weighted by Gasteiger charge is 2.39. The van der Waals surface area contributed by atoms with Crippen LogP contribution in [0.4, 0.5) is 0 Å². The fraction of sp³-hybridized carbons (Fsp3) is 0.769. The van der Waals surface area contributed by atoms with Crippen molar-refractivity contribution in [1.29, 1.82) is 0 Å². The molecular weight excluding hydrogens is 228 g/mol. The number of carbonyl (C=O) groups excluding carboxylic acids is 1. The molecule has 1 aliphatic carbocycles. The summed E-state index contributed by atoms with van der Waals surface area (Å²) < 4.78 is 1.97. The first kappa shape index (κ1) is 13.1. The van der Waals surface area contributed by atoms with Gasteiger partial charge in [-0.3, -0.25) is 4.79 Å². The molecule has 0 aromatic carbocycles. The molecule has 1 heterocycles. The second-order valence-electron chi connectivity index (χ2n) is 5.79. The molecule has 0 bridgehead atoms. The van der Waals surface area contributed by atoms with Crippen LogP contribution in [-0.4, -0.2) is 20.7 Å². The van der Waals surface area contributed by atoms with E-state index in [1.165, 1.54) is 0 Å². The van der Waals surface area contributed by atoms with Crippen LogP contribution in [0.5, 0.6) is 0 Å². The molecule has 2 rings (SSSR count). The monoisotopic (exact) mass is 250 g/mol. The van der Waals surface area contributed by atoms with E-state index in [0.717, 1.165) is 30.9 Å². The van der Waals surface area contributed by atoms with Gasteiger partial charge in [-0.1, -0.05) is 27.2 Å². The first-order valence-electron chi connectivity index (χ1n) is 6.60. The number of hydrogen-bond donors (Lipinski definition) is 1. The average Bonchev–Trinajstić information content (AvgIpc) is 2.64. The van der Waals surface area contributed by atoms with E-state index in [9.17, 15) is 4.79 Å². The Morgan fingerprint density at radius 1 is 1.44 bits per heavy atom. The van der Waals surface area contributed by atoms with Gasteiger partial charge in [-0.25, -0.2) is 0 Å². The molecule has 0 spiro atoms. The number of amides is 1. The van der Waals surface area contributed by atoms with Gasteiger partial charge in [-0.05, 0) is 12.8 Å². The second kappa shape index (κ2) is 4.71. The average molecular weight is 250 g/mol. The maximum Gasteiger partial charge on any atom is 0.226 e. The van der Waals surface area contributed by atoms with Gasteiger partial charge in [0.15, 0.2) is 5.82 Å². The third kappa shape index (κ3) is 2.26. The minimum Gasteiger partial charge on any atom is -0.348 e. The number of rotatable bonds is 4. The Morgan fingerprint density at radius 2 is 2.11 bits per heavy atom. The molecule has 5 heteroatoms. The van der Waals surface area contributed by atoms with E-state index in [1.807, 2.05) is 18.5 Å². The van der Waals surface area contributed by atoms with Crippen LogP contribution in [0.3, 0.4) is 0 Å². The maximum absolute atomic E-state index is 12.0. The topological polar surface area (TPSA) is 59.8 Å². The molecule has 1 N–H and O–H groups in total. The number of carbonyl (C=O) groups is 1. The van der Waals surface area contributed by atoms with Crippen molar-refractivity contribution in [2.45, 2.75) is 52.5 Å². The Labute approximate surface area is 108 Å². The van der Waals surface area contributed by atoms with E-state index in [1.54, 1.807) is 0 Å². The SMILES string of the molecule is CC(C)c1nnc(CNC(=O)C2(C)CCC2)n1C. The first-order valence-corrected chi connectivity index (χ1v) is 6.60. The van der Waals surface area contributed by atoms with E-state index in [-0.39, 0.29) is 11.3 Å². The van der Waals surface area contributed by atoms with Crippen LogP contribution in [0.25, 0.3) is 0 Å². The summed E-state index contributed by atoms with van der Waals surface area (Å²) in [6, 6.07) is 0. The lowest BCUT2D eigenvalue weighted by molar-refractivity contribution is -0.134. The van der Waals surface area contributed by atoms with Crippen molar-refractivity contribution in [3.63, 3.8) is 0 Å². The lowest BCUT2D eigenvalue weighted by atomic mass is 9.70. The molecule has 1 fully saturated rings. The van der Waals surface area contributed by atoms with Crippen molar-refractivity contribution in [3.8, 4) is 0 Å². The van der Waals surface area contributed by atoms with Gasteiger partial charge in [0.25, 0.3) is 0 Å². The van der Waals surface area contributed by atoms with Gasteiger partial charge >= 0.3 is 0 Å². The summed E-state index contributed by atoms with van der Waals surface area (Å²) in [7, 11) is 1.95. The van der Waals surface area contributed by atoms with E-state index in [2.05, 4.69) is 29.4 Å². The molecule has 0 aliphatic heterocycles. The summed E-state index contributed by atoms with van der Waals surface area (Å²) in [6.07, 6.45) is 3.15. The fourth-order valence-corrected chi connectivity index (χ4v) is 2.34. The number of aromatic nitrogens is 3. The van der Waals surface area contributed by atoms with Crippen molar-refractivity contribution >= 4 is 5.91 Å². The summed E-state index contributed by atoms with van der Waals surface area (Å²) >= 11 is 0. The van der Waals surface area contributed by atoms with E-state index < -0.39 is 0 Å². The molecule has 1 aromatic heterocycles. The zero-order chi connectivity index (χ0) is 13.3. The minimum atomic E-state index is -0.153. The normalized spacial score (nSPS) is 17.6. The van der Waals surface area contributed by atoms with Crippen LogP contribution in [0, 0.1) is 5.41 Å². The molecule has 0 unspecified atom stereocenters. The largest absolute Gasteiger partial charge is 0.348 e. The minimum absolute atomic E-state index is 0.142. The van der Waals surface area contributed by atoms with E-state index >= 15 is 0 Å². The Bertz CT molecular complexity index is 446. The summed E-state index contributed by atoms with van der Waals surface area (Å²) in [6.45, 7) is 6.66. The van der Waals surface area contributed by atoms with Crippen LogP contribution in [0.15, 0.2) is 0 Å². The summed E-state index contributed by atoms with van der Waals surface area (Å²) in [5, 5.41) is 11.3.